The Bertz CT molecular complexity index is 1380. The van der Waals surface area contributed by atoms with Gasteiger partial charge in [-0.3, -0.25) is 0 Å². The first kappa shape index (κ1) is 22.5. The Hall–Kier alpha value is -3.30. The summed E-state index contributed by atoms with van der Waals surface area (Å²) in [6.07, 6.45) is 2.56. The molecule has 0 saturated carbocycles. The van der Waals surface area contributed by atoms with Gasteiger partial charge in [-0.05, 0) is 30.2 Å². The van der Waals surface area contributed by atoms with Gasteiger partial charge in [0.05, 0.1) is 22.2 Å². The molecule has 1 aliphatic heterocycles. The topological polar surface area (TPSA) is 84.2 Å². The fourth-order valence-electron chi connectivity index (χ4n) is 4.27. The molecular weight excluding hydrogens is 448 g/mol. The van der Waals surface area contributed by atoms with E-state index in [-0.39, 0.29) is 0 Å². The number of sulfonamides is 1. The van der Waals surface area contributed by atoms with Gasteiger partial charge in [0.25, 0.3) is 0 Å². The second-order valence-electron chi connectivity index (χ2n) is 8.89. The first-order valence-electron chi connectivity index (χ1n) is 11.5. The number of nitrogens with zero attached hydrogens (tertiary/aromatic N) is 6. The third-order valence-corrected chi connectivity index (χ3v) is 7.88. The molecule has 0 atom stereocenters. The zero-order chi connectivity index (χ0) is 23.7. The number of hydrogen-bond acceptors (Lipinski definition) is 6. The fourth-order valence-corrected chi connectivity index (χ4v) is 5.72. The zero-order valence-corrected chi connectivity index (χ0v) is 20.2. The van der Waals surface area contributed by atoms with Gasteiger partial charge in [-0.15, -0.1) is 0 Å². The second kappa shape index (κ2) is 9.15. The average molecular weight is 477 g/mol. The van der Waals surface area contributed by atoms with Crippen molar-refractivity contribution in [1.29, 1.82) is 0 Å². The molecule has 9 heteroatoms. The smallest absolute Gasteiger partial charge is 0.243 e. The number of hydrogen-bond donors (Lipinski definition) is 0. The van der Waals surface area contributed by atoms with Gasteiger partial charge in [0.1, 0.15) is 11.6 Å². The first-order valence-corrected chi connectivity index (χ1v) is 13.0. The maximum Gasteiger partial charge on any atom is 0.243 e. The van der Waals surface area contributed by atoms with Crippen molar-refractivity contribution in [2.45, 2.75) is 25.2 Å². The molecule has 8 nitrogen and oxygen atoms in total. The van der Waals surface area contributed by atoms with E-state index in [0.29, 0.717) is 37.0 Å². The van der Waals surface area contributed by atoms with Crippen molar-refractivity contribution < 1.29 is 8.42 Å². The number of fused-ring (bicyclic) bond motifs is 1. The Morgan fingerprint density at radius 3 is 2.18 bits per heavy atom. The van der Waals surface area contributed by atoms with Gasteiger partial charge in [0.15, 0.2) is 5.65 Å². The largest absolute Gasteiger partial charge is 0.353 e. The van der Waals surface area contributed by atoms with E-state index in [1.807, 2.05) is 47.3 Å². The Morgan fingerprint density at radius 1 is 0.882 bits per heavy atom. The van der Waals surface area contributed by atoms with Crippen LogP contribution in [0.4, 0.5) is 5.82 Å². The summed E-state index contributed by atoms with van der Waals surface area (Å²) in [4.78, 5) is 12.3. The summed E-state index contributed by atoms with van der Waals surface area (Å²) in [5.41, 5.74) is 1.71. The van der Waals surface area contributed by atoms with Crippen LogP contribution in [-0.4, -0.2) is 58.7 Å². The van der Waals surface area contributed by atoms with Crippen LogP contribution in [-0.2, 0) is 16.4 Å². The number of rotatable bonds is 6. The number of benzene rings is 2. The molecule has 0 bridgehead atoms. The standard InChI is InChI=1S/C25H28N6O2S/c1-19(2)17-23-27-24(22-18-26-31(25(22)28-23)20-9-5-3-6-10-20)29-13-15-30(16-14-29)34(32,33)21-11-7-4-8-12-21/h3-12,18-19H,13-17H2,1-2H3. The van der Waals surface area contributed by atoms with Crippen LogP contribution in [0.15, 0.2) is 71.8 Å². The fraction of sp³-hybridized carbons (Fsp3) is 0.320. The van der Waals surface area contributed by atoms with E-state index in [1.54, 1.807) is 28.6 Å². The van der Waals surface area contributed by atoms with Gasteiger partial charge in [0, 0.05) is 32.6 Å². The monoisotopic (exact) mass is 476 g/mol. The molecule has 5 rings (SSSR count). The number of anilines is 1. The molecule has 0 N–H and O–H groups in total. The molecule has 1 saturated heterocycles. The van der Waals surface area contributed by atoms with Crippen molar-refractivity contribution in [3.8, 4) is 5.69 Å². The highest BCUT2D eigenvalue weighted by molar-refractivity contribution is 7.89. The molecule has 0 amide bonds. The van der Waals surface area contributed by atoms with Gasteiger partial charge < -0.3 is 4.90 Å². The number of piperazine rings is 1. The minimum Gasteiger partial charge on any atom is -0.353 e. The van der Waals surface area contributed by atoms with Crippen LogP contribution in [0.25, 0.3) is 16.7 Å². The minimum absolute atomic E-state index is 0.330. The molecule has 4 aromatic rings. The summed E-state index contributed by atoms with van der Waals surface area (Å²) in [5, 5.41) is 5.49. The number of para-hydroxylation sites is 1. The summed E-state index contributed by atoms with van der Waals surface area (Å²) in [5.74, 6) is 2.00. The summed E-state index contributed by atoms with van der Waals surface area (Å²) in [6.45, 7) is 6.19. The van der Waals surface area contributed by atoms with E-state index in [4.69, 9.17) is 9.97 Å². The van der Waals surface area contributed by atoms with Gasteiger partial charge >= 0.3 is 0 Å². The second-order valence-corrected chi connectivity index (χ2v) is 10.8. The van der Waals surface area contributed by atoms with Crippen molar-refractivity contribution in [3.63, 3.8) is 0 Å². The molecule has 176 valence electrons. The van der Waals surface area contributed by atoms with E-state index in [9.17, 15) is 8.42 Å². The third-order valence-electron chi connectivity index (χ3n) is 5.97. The zero-order valence-electron chi connectivity index (χ0n) is 19.4. The van der Waals surface area contributed by atoms with Crippen molar-refractivity contribution >= 4 is 26.9 Å². The lowest BCUT2D eigenvalue weighted by Gasteiger charge is -2.35. The Morgan fingerprint density at radius 2 is 1.53 bits per heavy atom. The van der Waals surface area contributed by atoms with Crippen LogP contribution in [0.1, 0.15) is 19.7 Å². The van der Waals surface area contributed by atoms with Gasteiger partial charge in [-0.1, -0.05) is 50.2 Å². The summed E-state index contributed by atoms with van der Waals surface area (Å²) in [6, 6.07) is 18.6. The predicted molar refractivity (Wildman–Crippen MR) is 133 cm³/mol. The van der Waals surface area contributed by atoms with Gasteiger partial charge in [-0.2, -0.15) is 9.40 Å². The van der Waals surface area contributed by atoms with Gasteiger partial charge in [0.2, 0.25) is 10.0 Å². The Kier molecular flexibility index (Phi) is 6.05. The van der Waals surface area contributed by atoms with Crippen LogP contribution in [0.3, 0.4) is 0 Å². The van der Waals surface area contributed by atoms with Crippen LogP contribution < -0.4 is 4.90 Å². The summed E-state index contributed by atoms with van der Waals surface area (Å²) < 4.78 is 29.5. The van der Waals surface area contributed by atoms with E-state index in [1.165, 1.54) is 0 Å². The molecule has 1 aliphatic rings. The highest BCUT2D eigenvalue weighted by Gasteiger charge is 2.30. The van der Waals surface area contributed by atoms with E-state index in [0.717, 1.165) is 34.8 Å². The van der Waals surface area contributed by atoms with Crippen LogP contribution >= 0.6 is 0 Å². The van der Waals surface area contributed by atoms with Crippen LogP contribution in [0.5, 0.6) is 0 Å². The van der Waals surface area contributed by atoms with Crippen molar-refractivity contribution in [2.24, 2.45) is 5.92 Å². The molecule has 2 aromatic carbocycles. The van der Waals surface area contributed by atoms with E-state index in [2.05, 4.69) is 23.8 Å². The SMILES string of the molecule is CC(C)Cc1nc(N2CCN(S(=O)(=O)c3ccccc3)CC2)c2cnn(-c3ccccc3)c2n1. The predicted octanol–water partition coefficient (Wildman–Crippen LogP) is 3.52. The minimum atomic E-state index is -3.51. The van der Waals surface area contributed by atoms with E-state index >= 15 is 0 Å². The molecule has 0 spiro atoms. The maximum atomic E-state index is 13.0. The van der Waals surface area contributed by atoms with Crippen molar-refractivity contribution in [3.05, 3.63) is 72.7 Å². The first-order chi connectivity index (χ1) is 16.4. The molecule has 2 aromatic heterocycles. The lowest BCUT2D eigenvalue weighted by molar-refractivity contribution is 0.384. The van der Waals surface area contributed by atoms with Crippen LogP contribution in [0.2, 0.25) is 0 Å². The molecule has 34 heavy (non-hydrogen) atoms. The molecular formula is C25H28N6O2S. The quantitative estimate of drug-likeness (QED) is 0.423. The third kappa shape index (κ3) is 4.28. The molecule has 0 unspecified atom stereocenters. The molecule has 3 heterocycles. The van der Waals surface area contributed by atoms with E-state index < -0.39 is 10.0 Å². The van der Waals surface area contributed by atoms with Gasteiger partial charge in [-0.25, -0.2) is 23.1 Å². The maximum absolute atomic E-state index is 13.0. The lowest BCUT2D eigenvalue weighted by atomic mass is 10.1. The highest BCUT2D eigenvalue weighted by atomic mass is 32.2. The summed E-state index contributed by atoms with van der Waals surface area (Å²) in [7, 11) is -3.51. The van der Waals surface area contributed by atoms with Crippen LogP contribution in [0, 0.1) is 5.92 Å². The van der Waals surface area contributed by atoms with Crippen molar-refractivity contribution in [2.75, 3.05) is 31.1 Å². The molecule has 0 radical (unpaired) electrons. The average Bonchev–Trinajstić information content (AvgIpc) is 3.28. The molecule has 1 fully saturated rings. The normalized spacial score (nSPS) is 15.3. The Labute approximate surface area is 199 Å². The summed E-state index contributed by atoms with van der Waals surface area (Å²) >= 11 is 0. The van der Waals surface area contributed by atoms with Crippen molar-refractivity contribution in [1.82, 2.24) is 24.1 Å². The lowest BCUT2D eigenvalue weighted by Crippen LogP contribution is -2.49. The molecule has 0 aliphatic carbocycles. The highest BCUT2D eigenvalue weighted by Crippen LogP contribution is 2.28. The number of aromatic nitrogens is 4. The Balaban J connectivity index is 1.47.